The van der Waals surface area contributed by atoms with Crippen molar-refractivity contribution in [2.45, 2.75) is 45.6 Å². The van der Waals surface area contributed by atoms with Gasteiger partial charge in [0.1, 0.15) is 0 Å². The smallest absolute Gasteiger partial charge is 0.229 e. The number of anilines is 1. The number of hydrogen-bond donors (Lipinski definition) is 1. The number of carbonyl (C=O) groups excluding carboxylic acids is 1. The molecule has 1 aliphatic heterocycles. The summed E-state index contributed by atoms with van der Waals surface area (Å²) in [5, 5.41) is 3.52. The van der Waals surface area contributed by atoms with Crippen LogP contribution in [-0.4, -0.2) is 35.9 Å². The van der Waals surface area contributed by atoms with E-state index < -0.39 is 10.0 Å². The largest absolute Gasteiger partial charge is 0.302 e. The quantitative estimate of drug-likeness (QED) is 0.906. The first-order valence-electron chi connectivity index (χ1n) is 7.77. The summed E-state index contributed by atoms with van der Waals surface area (Å²) in [4.78, 5) is 17.6. The zero-order chi connectivity index (χ0) is 15.7. The molecule has 122 valence electrons. The van der Waals surface area contributed by atoms with Crippen molar-refractivity contribution in [1.29, 1.82) is 0 Å². The van der Waals surface area contributed by atoms with Gasteiger partial charge >= 0.3 is 0 Å². The van der Waals surface area contributed by atoms with E-state index in [1.807, 2.05) is 0 Å². The number of hydrogen-bond acceptors (Lipinski definition) is 5. The van der Waals surface area contributed by atoms with Crippen molar-refractivity contribution in [3.8, 4) is 0 Å². The van der Waals surface area contributed by atoms with E-state index in [0.29, 0.717) is 24.6 Å². The molecule has 0 saturated heterocycles. The van der Waals surface area contributed by atoms with Crippen LogP contribution < -0.4 is 5.32 Å². The fourth-order valence-electron chi connectivity index (χ4n) is 3.04. The van der Waals surface area contributed by atoms with Crippen molar-refractivity contribution in [3.05, 3.63) is 10.6 Å². The molecule has 2 aliphatic rings. The second-order valence-electron chi connectivity index (χ2n) is 5.84. The van der Waals surface area contributed by atoms with E-state index in [1.165, 1.54) is 15.6 Å². The Morgan fingerprint density at radius 3 is 2.82 bits per heavy atom. The predicted molar refractivity (Wildman–Crippen MR) is 86.3 cm³/mol. The van der Waals surface area contributed by atoms with E-state index in [2.05, 4.69) is 10.3 Å². The SMILES string of the molecule is CCS(=O)(=O)N1CCc2nc(NC(=O)C3CCCC3)sc2C1. The molecular formula is C14H21N3O3S2. The molecule has 3 rings (SSSR count). The van der Waals surface area contributed by atoms with E-state index in [0.717, 1.165) is 36.3 Å². The van der Waals surface area contributed by atoms with Crippen LogP contribution in [0.3, 0.4) is 0 Å². The molecule has 0 radical (unpaired) electrons. The minimum atomic E-state index is -3.17. The van der Waals surface area contributed by atoms with Crippen LogP contribution in [0.2, 0.25) is 0 Å². The number of carbonyl (C=O) groups is 1. The molecule has 1 amide bonds. The Bertz CT molecular complexity index is 663. The predicted octanol–water partition coefficient (Wildman–Crippen LogP) is 1.98. The van der Waals surface area contributed by atoms with Crippen molar-refractivity contribution < 1.29 is 13.2 Å². The number of aromatic nitrogens is 1. The fraction of sp³-hybridized carbons (Fsp3) is 0.714. The Morgan fingerprint density at radius 1 is 1.41 bits per heavy atom. The van der Waals surface area contributed by atoms with Gasteiger partial charge in [0, 0.05) is 30.3 Å². The molecule has 6 nitrogen and oxygen atoms in total. The monoisotopic (exact) mass is 343 g/mol. The number of nitrogens with zero attached hydrogens (tertiary/aromatic N) is 2. The summed E-state index contributed by atoms with van der Waals surface area (Å²) in [6.45, 7) is 2.51. The van der Waals surface area contributed by atoms with Crippen LogP contribution in [-0.2, 0) is 27.8 Å². The van der Waals surface area contributed by atoms with Crippen molar-refractivity contribution >= 4 is 32.4 Å². The minimum absolute atomic E-state index is 0.0571. The Morgan fingerprint density at radius 2 is 2.14 bits per heavy atom. The van der Waals surface area contributed by atoms with Crippen molar-refractivity contribution in [1.82, 2.24) is 9.29 Å². The topological polar surface area (TPSA) is 79.4 Å². The second-order valence-corrected chi connectivity index (χ2v) is 9.18. The van der Waals surface area contributed by atoms with Crippen LogP contribution in [0.5, 0.6) is 0 Å². The van der Waals surface area contributed by atoms with E-state index in [4.69, 9.17) is 0 Å². The van der Waals surface area contributed by atoms with E-state index in [1.54, 1.807) is 6.92 Å². The molecule has 1 aromatic rings. The summed E-state index contributed by atoms with van der Waals surface area (Å²) in [6, 6.07) is 0. The lowest BCUT2D eigenvalue weighted by molar-refractivity contribution is -0.119. The van der Waals surface area contributed by atoms with Crippen LogP contribution >= 0.6 is 11.3 Å². The number of rotatable bonds is 4. The van der Waals surface area contributed by atoms with Crippen molar-refractivity contribution in [3.63, 3.8) is 0 Å². The highest BCUT2D eigenvalue weighted by Crippen LogP contribution is 2.31. The fourth-order valence-corrected chi connectivity index (χ4v) is 5.21. The molecule has 0 aromatic carbocycles. The third-order valence-corrected chi connectivity index (χ3v) is 7.24. The lowest BCUT2D eigenvalue weighted by atomic mass is 10.1. The third-order valence-electron chi connectivity index (χ3n) is 4.41. The zero-order valence-electron chi connectivity index (χ0n) is 12.7. The van der Waals surface area contributed by atoms with Crippen LogP contribution in [0.15, 0.2) is 0 Å². The Kier molecular flexibility index (Phi) is 4.52. The number of nitrogens with one attached hydrogen (secondary N) is 1. The molecule has 2 heterocycles. The van der Waals surface area contributed by atoms with Gasteiger partial charge in [-0.1, -0.05) is 12.8 Å². The maximum atomic E-state index is 12.1. The molecule has 1 fully saturated rings. The molecule has 0 atom stereocenters. The minimum Gasteiger partial charge on any atom is -0.302 e. The maximum Gasteiger partial charge on any atom is 0.229 e. The number of amides is 1. The summed E-state index contributed by atoms with van der Waals surface area (Å²) in [6.07, 6.45) is 4.77. The van der Waals surface area contributed by atoms with Gasteiger partial charge in [-0.15, -0.1) is 11.3 Å². The van der Waals surface area contributed by atoms with Crippen LogP contribution in [0.1, 0.15) is 43.2 Å². The molecular weight excluding hydrogens is 322 g/mol. The summed E-state index contributed by atoms with van der Waals surface area (Å²) < 4.78 is 25.4. The molecule has 22 heavy (non-hydrogen) atoms. The first kappa shape index (κ1) is 15.9. The number of sulfonamides is 1. The van der Waals surface area contributed by atoms with Gasteiger partial charge in [-0.2, -0.15) is 4.31 Å². The van der Waals surface area contributed by atoms with Crippen LogP contribution in [0.25, 0.3) is 0 Å². The Labute approximate surface area is 135 Å². The average Bonchev–Trinajstić information content (AvgIpc) is 3.15. The lowest BCUT2D eigenvalue weighted by Crippen LogP contribution is -2.36. The molecule has 1 aliphatic carbocycles. The molecule has 1 saturated carbocycles. The maximum absolute atomic E-state index is 12.1. The molecule has 0 bridgehead atoms. The van der Waals surface area contributed by atoms with Gasteiger partial charge < -0.3 is 5.32 Å². The van der Waals surface area contributed by atoms with Gasteiger partial charge in [0.2, 0.25) is 15.9 Å². The van der Waals surface area contributed by atoms with E-state index in [9.17, 15) is 13.2 Å². The van der Waals surface area contributed by atoms with Crippen LogP contribution in [0.4, 0.5) is 5.13 Å². The standard InChI is InChI=1S/C14H21N3O3S2/c1-2-22(19,20)17-8-7-11-12(9-17)21-14(15-11)16-13(18)10-5-3-4-6-10/h10H,2-9H2,1H3,(H,15,16,18). The van der Waals surface area contributed by atoms with Crippen molar-refractivity contribution in [2.24, 2.45) is 5.92 Å². The van der Waals surface area contributed by atoms with Gasteiger partial charge in [-0.3, -0.25) is 4.79 Å². The Balaban J connectivity index is 1.69. The normalized spacial score (nSPS) is 20.0. The zero-order valence-corrected chi connectivity index (χ0v) is 14.3. The third kappa shape index (κ3) is 3.18. The molecule has 0 unspecified atom stereocenters. The highest BCUT2D eigenvalue weighted by Gasteiger charge is 2.29. The summed E-state index contributed by atoms with van der Waals surface area (Å²) in [7, 11) is -3.17. The van der Waals surface area contributed by atoms with Gasteiger partial charge in [-0.05, 0) is 19.8 Å². The van der Waals surface area contributed by atoms with Gasteiger partial charge in [0.25, 0.3) is 0 Å². The van der Waals surface area contributed by atoms with Crippen LogP contribution in [0, 0.1) is 5.92 Å². The molecule has 1 aromatic heterocycles. The molecule has 8 heteroatoms. The summed E-state index contributed by atoms with van der Waals surface area (Å²) in [5.74, 6) is 0.284. The lowest BCUT2D eigenvalue weighted by Gasteiger charge is -2.24. The van der Waals surface area contributed by atoms with Gasteiger partial charge in [0.05, 0.1) is 11.4 Å². The van der Waals surface area contributed by atoms with Gasteiger partial charge in [-0.25, -0.2) is 13.4 Å². The van der Waals surface area contributed by atoms with Crippen molar-refractivity contribution in [2.75, 3.05) is 17.6 Å². The summed E-state index contributed by atoms with van der Waals surface area (Å²) >= 11 is 1.40. The average molecular weight is 343 g/mol. The number of thiazole rings is 1. The first-order valence-corrected chi connectivity index (χ1v) is 10.2. The highest BCUT2D eigenvalue weighted by atomic mass is 32.2. The summed E-state index contributed by atoms with van der Waals surface area (Å²) in [5.41, 5.74) is 0.925. The van der Waals surface area contributed by atoms with Gasteiger partial charge in [0.15, 0.2) is 5.13 Å². The highest BCUT2D eigenvalue weighted by molar-refractivity contribution is 7.89. The Hall–Kier alpha value is -0.990. The molecule has 1 N–H and O–H groups in total. The van der Waals surface area contributed by atoms with E-state index >= 15 is 0 Å². The molecule has 0 spiro atoms. The van der Waals surface area contributed by atoms with E-state index in [-0.39, 0.29) is 17.6 Å². The number of fused-ring (bicyclic) bond motifs is 1. The first-order chi connectivity index (χ1) is 10.5. The second kappa shape index (κ2) is 6.25.